The molecular formula is C16H17FN2O3S. The Morgan fingerprint density at radius 3 is 2.26 bits per heavy atom. The molecule has 0 bridgehead atoms. The average molecular weight is 336 g/mol. The summed E-state index contributed by atoms with van der Waals surface area (Å²) in [6.45, 7) is 1.70. The van der Waals surface area contributed by atoms with E-state index in [2.05, 4.69) is 10.0 Å². The number of carbonyl (C=O) groups excluding carboxylic acids is 1. The fourth-order valence-corrected chi connectivity index (χ4v) is 3.22. The highest BCUT2D eigenvalue weighted by molar-refractivity contribution is 7.89. The van der Waals surface area contributed by atoms with Crippen molar-refractivity contribution in [1.82, 2.24) is 4.72 Å². The molecule has 122 valence electrons. The minimum atomic E-state index is -3.90. The van der Waals surface area contributed by atoms with E-state index in [9.17, 15) is 17.6 Å². The van der Waals surface area contributed by atoms with Gasteiger partial charge in [0.15, 0.2) is 0 Å². The lowest BCUT2D eigenvalue weighted by Gasteiger charge is -2.17. The number of halogens is 1. The van der Waals surface area contributed by atoms with Gasteiger partial charge in [0.1, 0.15) is 11.9 Å². The molecule has 1 amide bonds. The first-order valence-corrected chi connectivity index (χ1v) is 8.54. The van der Waals surface area contributed by atoms with Gasteiger partial charge in [0.25, 0.3) is 0 Å². The Morgan fingerprint density at radius 1 is 1.09 bits per heavy atom. The number of rotatable bonds is 6. The van der Waals surface area contributed by atoms with Crippen LogP contribution in [0.1, 0.15) is 13.3 Å². The van der Waals surface area contributed by atoms with Crippen LogP contribution in [0.15, 0.2) is 59.5 Å². The van der Waals surface area contributed by atoms with E-state index in [-0.39, 0.29) is 11.3 Å². The van der Waals surface area contributed by atoms with Crippen molar-refractivity contribution in [2.75, 3.05) is 5.32 Å². The number of para-hydroxylation sites is 1. The summed E-state index contributed by atoms with van der Waals surface area (Å²) in [4.78, 5) is 12.1. The Kier molecular flexibility index (Phi) is 5.46. The lowest BCUT2D eigenvalue weighted by Crippen LogP contribution is -2.43. The molecular weight excluding hydrogens is 319 g/mol. The Balaban J connectivity index is 2.11. The van der Waals surface area contributed by atoms with Gasteiger partial charge >= 0.3 is 0 Å². The van der Waals surface area contributed by atoms with Crippen LogP contribution in [0, 0.1) is 5.82 Å². The van der Waals surface area contributed by atoms with Gasteiger partial charge < -0.3 is 5.32 Å². The van der Waals surface area contributed by atoms with Crippen molar-refractivity contribution in [2.24, 2.45) is 0 Å². The number of carbonyl (C=O) groups is 1. The fourth-order valence-electron chi connectivity index (χ4n) is 1.94. The molecule has 0 aliphatic carbocycles. The highest BCUT2D eigenvalue weighted by atomic mass is 32.2. The fraction of sp³-hybridized carbons (Fsp3) is 0.188. The second-order valence-corrected chi connectivity index (χ2v) is 6.61. The van der Waals surface area contributed by atoms with Gasteiger partial charge in [-0.25, -0.2) is 12.8 Å². The number of benzene rings is 2. The summed E-state index contributed by atoms with van der Waals surface area (Å²) in [5.74, 6) is -0.984. The first kappa shape index (κ1) is 17.1. The van der Waals surface area contributed by atoms with Gasteiger partial charge in [-0.3, -0.25) is 4.79 Å². The van der Waals surface area contributed by atoms with Crippen LogP contribution in [0.3, 0.4) is 0 Å². The molecule has 2 aromatic carbocycles. The van der Waals surface area contributed by atoms with Gasteiger partial charge in [-0.1, -0.05) is 25.1 Å². The molecule has 0 aliphatic rings. The normalized spacial score (nSPS) is 12.6. The van der Waals surface area contributed by atoms with Gasteiger partial charge in [0, 0.05) is 5.69 Å². The van der Waals surface area contributed by atoms with E-state index >= 15 is 0 Å². The topological polar surface area (TPSA) is 75.3 Å². The third kappa shape index (κ3) is 4.61. The Hall–Kier alpha value is -2.25. The number of hydrogen-bond acceptors (Lipinski definition) is 3. The van der Waals surface area contributed by atoms with Crippen molar-refractivity contribution in [3.63, 3.8) is 0 Å². The first-order chi connectivity index (χ1) is 10.9. The van der Waals surface area contributed by atoms with Crippen LogP contribution in [0.2, 0.25) is 0 Å². The largest absolute Gasteiger partial charge is 0.325 e. The first-order valence-electron chi connectivity index (χ1n) is 7.06. The summed E-state index contributed by atoms with van der Waals surface area (Å²) in [6.07, 6.45) is 0.277. The third-order valence-electron chi connectivity index (χ3n) is 3.19. The maximum absolute atomic E-state index is 12.9. The molecule has 7 heteroatoms. The minimum Gasteiger partial charge on any atom is -0.325 e. The molecule has 0 spiro atoms. The van der Waals surface area contributed by atoms with Crippen LogP contribution in [0.25, 0.3) is 0 Å². The summed E-state index contributed by atoms with van der Waals surface area (Å²) in [7, 11) is -3.90. The molecule has 0 fully saturated rings. The van der Waals surface area contributed by atoms with Crippen molar-refractivity contribution in [3.8, 4) is 0 Å². The number of hydrogen-bond donors (Lipinski definition) is 2. The summed E-state index contributed by atoms with van der Waals surface area (Å²) < 4.78 is 39.7. The predicted molar refractivity (Wildman–Crippen MR) is 85.9 cm³/mol. The van der Waals surface area contributed by atoms with Crippen molar-refractivity contribution in [1.29, 1.82) is 0 Å². The smallest absolute Gasteiger partial charge is 0.242 e. The number of anilines is 1. The van der Waals surface area contributed by atoms with E-state index in [0.29, 0.717) is 5.69 Å². The highest BCUT2D eigenvalue weighted by Crippen LogP contribution is 2.12. The molecule has 2 N–H and O–H groups in total. The zero-order valence-corrected chi connectivity index (χ0v) is 13.3. The van der Waals surface area contributed by atoms with Crippen LogP contribution >= 0.6 is 0 Å². The minimum absolute atomic E-state index is 0.0927. The molecule has 0 saturated heterocycles. The number of amides is 1. The quantitative estimate of drug-likeness (QED) is 0.851. The summed E-state index contributed by atoms with van der Waals surface area (Å²) in [5.41, 5.74) is 0.580. The molecule has 23 heavy (non-hydrogen) atoms. The van der Waals surface area contributed by atoms with E-state index in [1.807, 2.05) is 6.07 Å². The van der Waals surface area contributed by atoms with E-state index in [0.717, 1.165) is 24.3 Å². The SMILES string of the molecule is CCC(NS(=O)(=O)c1ccc(F)cc1)C(=O)Nc1ccccc1. The van der Waals surface area contributed by atoms with E-state index in [1.54, 1.807) is 31.2 Å². The van der Waals surface area contributed by atoms with Gasteiger partial charge in [-0.15, -0.1) is 0 Å². The molecule has 1 unspecified atom stereocenters. The third-order valence-corrected chi connectivity index (χ3v) is 4.67. The van der Waals surface area contributed by atoms with Crippen molar-refractivity contribution < 1.29 is 17.6 Å². The Morgan fingerprint density at radius 2 is 1.70 bits per heavy atom. The molecule has 0 aliphatic heterocycles. The van der Waals surface area contributed by atoms with Crippen molar-refractivity contribution in [3.05, 3.63) is 60.4 Å². The van der Waals surface area contributed by atoms with E-state index in [1.165, 1.54) is 0 Å². The van der Waals surface area contributed by atoms with Gasteiger partial charge in [0.2, 0.25) is 15.9 Å². The lowest BCUT2D eigenvalue weighted by atomic mass is 10.2. The Bertz CT molecular complexity index is 762. The van der Waals surface area contributed by atoms with Gasteiger partial charge in [-0.2, -0.15) is 4.72 Å². The molecule has 2 aromatic rings. The molecule has 5 nitrogen and oxygen atoms in total. The molecule has 2 rings (SSSR count). The monoisotopic (exact) mass is 336 g/mol. The maximum atomic E-state index is 12.9. The summed E-state index contributed by atoms with van der Waals surface area (Å²) >= 11 is 0. The summed E-state index contributed by atoms with van der Waals surface area (Å²) in [6, 6.07) is 12.2. The summed E-state index contributed by atoms with van der Waals surface area (Å²) in [5, 5.41) is 2.65. The maximum Gasteiger partial charge on any atom is 0.242 e. The molecule has 0 aromatic heterocycles. The standard InChI is InChI=1S/C16H17FN2O3S/c1-2-15(16(20)18-13-6-4-3-5-7-13)19-23(21,22)14-10-8-12(17)9-11-14/h3-11,15,19H,2H2,1H3,(H,18,20). The van der Waals surface area contributed by atoms with Crippen LogP contribution < -0.4 is 10.0 Å². The van der Waals surface area contributed by atoms with Crippen LogP contribution in [-0.4, -0.2) is 20.4 Å². The lowest BCUT2D eigenvalue weighted by molar-refractivity contribution is -0.117. The molecule has 0 radical (unpaired) electrons. The van der Waals surface area contributed by atoms with Gasteiger partial charge in [0.05, 0.1) is 4.90 Å². The van der Waals surface area contributed by atoms with Crippen LogP contribution in [0.5, 0.6) is 0 Å². The predicted octanol–water partition coefficient (Wildman–Crippen LogP) is 2.52. The number of nitrogens with one attached hydrogen (secondary N) is 2. The van der Waals surface area contributed by atoms with Crippen LogP contribution in [-0.2, 0) is 14.8 Å². The molecule has 1 atom stereocenters. The number of sulfonamides is 1. The average Bonchev–Trinajstić information content (AvgIpc) is 2.54. The molecule has 0 saturated carbocycles. The second-order valence-electron chi connectivity index (χ2n) is 4.89. The zero-order valence-electron chi connectivity index (χ0n) is 12.5. The van der Waals surface area contributed by atoms with E-state index < -0.39 is 27.8 Å². The second kappa shape index (κ2) is 7.34. The van der Waals surface area contributed by atoms with Crippen molar-refractivity contribution in [2.45, 2.75) is 24.3 Å². The van der Waals surface area contributed by atoms with Crippen LogP contribution in [0.4, 0.5) is 10.1 Å². The van der Waals surface area contributed by atoms with Gasteiger partial charge in [-0.05, 0) is 42.8 Å². The van der Waals surface area contributed by atoms with E-state index in [4.69, 9.17) is 0 Å². The molecule has 0 heterocycles. The zero-order chi connectivity index (χ0) is 16.9. The van der Waals surface area contributed by atoms with Crippen molar-refractivity contribution >= 4 is 21.6 Å². The Labute approximate surface area is 134 Å². The highest BCUT2D eigenvalue weighted by Gasteiger charge is 2.24.